The minimum Gasteiger partial charge on any atom is -0.504 e. The molecule has 1 aliphatic rings. The van der Waals surface area contributed by atoms with Crippen LogP contribution in [0.1, 0.15) is 65.2 Å². The van der Waals surface area contributed by atoms with Gasteiger partial charge in [-0.15, -0.1) is 11.3 Å². The molecule has 1 fully saturated rings. The number of hydrogen-bond acceptors (Lipinski definition) is 11. The fraction of sp³-hybridized carbons (Fsp3) is 0.583. The second kappa shape index (κ2) is 14.7. The summed E-state index contributed by atoms with van der Waals surface area (Å²) in [6.07, 6.45) is 2.99. The maximum Gasteiger partial charge on any atom is 0.256 e. The highest BCUT2D eigenvalue weighted by atomic mass is 32.2. The molecule has 0 spiro atoms. The number of piperazine rings is 1. The molecule has 0 saturated carbocycles. The number of anilines is 3. The molecule has 10 nitrogen and oxygen atoms in total. The average Bonchev–Trinajstić information content (AvgIpc) is 3.61. The molecule has 0 aliphatic carbocycles. The number of likely N-dealkylation sites (N-methyl/N-ethyl adjacent to an activating group) is 1. The van der Waals surface area contributed by atoms with E-state index in [1.165, 1.54) is 10.7 Å². The van der Waals surface area contributed by atoms with Crippen molar-refractivity contribution in [2.75, 3.05) is 43.9 Å². The van der Waals surface area contributed by atoms with E-state index in [4.69, 9.17) is 4.42 Å². The minimum absolute atomic E-state index is 0.0703. The van der Waals surface area contributed by atoms with Crippen LogP contribution in [0.15, 0.2) is 26.3 Å². The molecular formula is C24H40N6O4S3. The van der Waals surface area contributed by atoms with E-state index in [9.17, 15) is 13.5 Å². The van der Waals surface area contributed by atoms with Gasteiger partial charge in [0.1, 0.15) is 5.76 Å². The molecule has 0 aromatic carbocycles. The van der Waals surface area contributed by atoms with Gasteiger partial charge >= 0.3 is 0 Å². The molecule has 0 atom stereocenters. The molecule has 3 aromatic heterocycles. The van der Waals surface area contributed by atoms with Gasteiger partial charge in [-0.3, -0.25) is 0 Å². The van der Waals surface area contributed by atoms with Crippen LogP contribution in [0, 0.1) is 0 Å². The SMILES string of the molecule is CC.CC(C)c1coc(CNc2nsnc2Nc2csc(S(=O)(=O)N3CCN(C)CC3)c2O)c1.CCC. The number of nitrogens with zero attached hydrogens (tertiary/aromatic N) is 4. The minimum atomic E-state index is -3.76. The molecule has 1 aliphatic heterocycles. The van der Waals surface area contributed by atoms with Crippen LogP contribution in [0.2, 0.25) is 0 Å². The zero-order valence-corrected chi connectivity index (χ0v) is 25.2. The van der Waals surface area contributed by atoms with Crippen molar-refractivity contribution in [3.8, 4) is 5.75 Å². The number of sulfonamides is 1. The summed E-state index contributed by atoms with van der Waals surface area (Å²) in [5, 5.41) is 18.4. The molecule has 3 aromatic rings. The summed E-state index contributed by atoms with van der Waals surface area (Å²) in [4.78, 5) is 2.07. The van der Waals surface area contributed by atoms with Gasteiger partial charge in [-0.2, -0.15) is 13.1 Å². The van der Waals surface area contributed by atoms with Crippen molar-refractivity contribution in [2.24, 2.45) is 0 Å². The number of thiophene rings is 1. The van der Waals surface area contributed by atoms with Gasteiger partial charge in [-0.25, -0.2) is 8.42 Å². The lowest BCUT2D eigenvalue weighted by molar-refractivity contribution is 0.222. The Kier molecular flexibility index (Phi) is 12.3. The van der Waals surface area contributed by atoms with Gasteiger partial charge < -0.3 is 25.1 Å². The van der Waals surface area contributed by atoms with Crippen molar-refractivity contribution in [1.29, 1.82) is 0 Å². The summed E-state index contributed by atoms with van der Waals surface area (Å²) in [5.41, 5.74) is 1.40. The van der Waals surface area contributed by atoms with E-state index in [1.807, 2.05) is 27.0 Å². The third kappa shape index (κ3) is 8.14. The first-order valence-corrected chi connectivity index (χ1v) is 15.6. The molecule has 1 saturated heterocycles. The number of furan rings is 1. The molecule has 0 radical (unpaired) electrons. The summed E-state index contributed by atoms with van der Waals surface area (Å²) in [6.45, 7) is 15.0. The molecule has 208 valence electrons. The van der Waals surface area contributed by atoms with Crippen LogP contribution in [0.5, 0.6) is 5.75 Å². The summed E-state index contributed by atoms with van der Waals surface area (Å²) in [5.74, 6) is 1.74. The quantitative estimate of drug-likeness (QED) is 0.309. The predicted molar refractivity (Wildman–Crippen MR) is 153 cm³/mol. The number of nitrogens with one attached hydrogen (secondary N) is 2. The lowest BCUT2D eigenvalue weighted by Crippen LogP contribution is -2.46. The second-order valence-electron chi connectivity index (χ2n) is 8.64. The monoisotopic (exact) mass is 572 g/mol. The molecule has 0 unspecified atom stereocenters. The Morgan fingerprint density at radius 1 is 1.14 bits per heavy atom. The van der Waals surface area contributed by atoms with Crippen molar-refractivity contribution in [1.82, 2.24) is 18.0 Å². The van der Waals surface area contributed by atoms with Crippen LogP contribution < -0.4 is 10.6 Å². The molecule has 4 heterocycles. The summed E-state index contributed by atoms with van der Waals surface area (Å²) in [6, 6.07) is 1.99. The van der Waals surface area contributed by atoms with Crippen molar-refractivity contribution < 1.29 is 17.9 Å². The van der Waals surface area contributed by atoms with Crippen LogP contribution in [-0.2, 0) is 16.6 Å². The van der Waals surface area contributed by atoms with Gasteiger partial charge in [-0.1, -0.05) is 48.0 Å². The Balaban J connectivity index is 0.000000898. The first kappa shape index (κ1) is 31.0. The Morgan fingerprint density at radius 3 is 2.35 bits per heavy atom. The van der Waals surface area contributed by atoms with Gasteiger partial charge in [0.15, 0.2) is 21.6 Å². The third-order valence-electron chi connectivity index (χ3n) is 5.28. The van der Waals surface area contributed by atoms with Crippen molar-refractivity contribution >= 4 is 50.4 Å². The molecular weight excluding hydrogens is 533 g/mol. The number of aromatic hydroxyl groups is 1. The van der Waals surface area contributed by atoms with Crippen LogP contribution in [0.3, 0.4) is 0 Å². The Hall–Kier alpha value is -2.19. The van der Waals surface area contributed by atoms with E-state index in [-0.39, 0.29) is 15.6 Å². The zero-order valence-electron chi connectivity index (χ0n) is 22.7. The standard InChI is InChI=1S/C19H26N6O4S3.C3H8.C2H6/c1-12(2)13-8-14(29-10-13)9-20-17-18(23-31-22-17)21-15-11-30-19(16(15)26)32(27,28)25-6-4-24(3)5-7-25;1-3-2;1-2/h8,10-12,26H,4-7,9H2,1-3H3,(H,20,22)(H,21,23);3H2,1-2H3;1-2H3. The van der Waals surface area contributed by atoms with E-state index in [2.05, 4.69) is 52.0 Å². The Labute approximate surface area is 229 Å². The molecule has 13 heteroatoms. The topological polar surface area (TPSA) is 124 Å². The highest BCUT2D eigenvalue weighted by Crippen LogP contribution is 2.41. The van der Waals surface area contributed by atoms with E-state index in [0.29, 0.717) is 50.3 Å². The van der Waals surface area contributed by atoms with Crippen LogP contribution in [0.25, 0.3) is 0 Å². The van der Waals surface area contributed by atoms with Gasteiger partial charge in [-0.05, 0) is 24.6 Å². The van der Waals surface area contributed by atoms with E-state index in [0.717, 1.165) is 34.4 Å². The second-order valence-corrected chi connectivity index (χ2v) is 12.2. The summed E-state index contributed by atoms with van der Waals surface area (Å²) < 4.78 is 41.3. The number of hydrogen-bond donors (Lipinski definition) is 3. The van der Waals surface area contributed by atoms with Crippen LogP contribution in [-0.4, -0.2) is 64.7 Å². The molecule has 3 N–H and O–H groups in total. The van der Waals surface area contributed by atoms with E-state index < -0.39 is 10.0 Å². The van der Waals surface area contributed by atoms with Gasteiger partial charge in [0.2, 0.25) is 0 Å². The maximum absolute atomic E-state index is 13.0. The van der Waals surface area contributed by atoms with E-state index >= 15 is 0 Å². The number of aromatic nitrogens is 2. The lowest BCUT2D eigenvalue weighted by atomic mass is 10.1. The predicted octanol–water partition coefficient (Wildman–Crippen LogP) is 5.76. The molecule has 4 rings (SSSR count). The Bertz CT molecular complexity index is 1180. The summed E-state index contributed by atoms with van der Waals surface area (Å²) in [7, 11) is -1.81. The molecule has 37 heavy (non-hydrogen) atoms. The van der Waals surface area contributed by atoms with Gasteiger partial charge in [0, 0.05) is 31.6 Å². The number of rotatable bonds is 8. The average molecular weight is 573 g/mol. The van der Waals surface area contributed by atoms with Crippen LogP contribution >= 0.6 is 23.1 Å². The van der Waals surface area contributed by atoms with Gasteiger partial charge in [0.25, 0.3) is 10.0 Å². The Morgan fingerprint density at radius 2 is 1.76 bits per heavy atom. The fourth-order valence-corrected chi connectivity index (χ4v) is 6.51. The third-order valence-corrected chi connectivity index (χ3v) is 9.20. The largest absolute Gasteiger partial charge is 0.504 e. The molecule has 0 bridgehead atoms. The zero-order chi connectivity index (χ0) is 27.6. The van der Waals surface area contributed by atoms with Crippen molar-refractivity contribution in [2.45, 2.75) is 64.6 Å². The van der Waals surface area contributed by atoms with E-state index in [1.54, 1.807) is 11.6 Å². The molecule has 0 amide bonds. The smallest absolute Gasteiger partial charge is 0.256 e. The maximum atomic E-state index is 13.0. The van der Waals surface area contributed by atoms with Gasteiger partial charge in [0.05, 0.1) is 30.2 Å². The fourth-order valence-electron chi connectivity index (χ4n) is 3.23. The normalized spacial score (nSPS) is 14.5. The first-order chi connectivity index (χ1) is 17.7. The van der Waals surface area contributed by atoms with Crippen molar-refractivity contribution in [3.63, 3.8) is 0 Å². The lowest BCUT2D eigenvalue weighted by Gasteiger charge is -2.31. The van der Waals surface area contributed by atoms with Crippen LogP contribution in [0.4, 0.5) is 17.3 Å². The highest BCUT2D eigenvalue weighted by molar-refractivity contribution is 7.91. The summed E-state index contributed by atoms with van der Waals surface area (Å²) >= 11 is 1.99. The first-order valence-electron chi connectivity index (χ1n) is 12.6. The van der Waals surface area contributed by atoms with Crippen molar-refractivity contribution in [3.05, 3.63) is 29.0 Å². The highest BCUT2D eigenvalue weighted by Gasteiger charge is 2.32.